The van der Waals surface area contributed by atoms with E-state index < -0.39 is 0 Å². The van der Waals surface area contributed by atoms with E-state index in [1.165, 1.54) is 12.1 Å². The number of nitrogens with zero attached hydrogens (tertiary/aromatic N) is 6. The van der Waals surface area contributed by atoms with Gasteiger partial charge in [0.15, 0.2) is 5.82 Å². The third-order valence-corrected chi connectivity index (χ3v) is 4.41. The zero-order valence-electron chi connectivity index (χ0n) is 15.4. The van der Waals surface area contributed by atoms with Crippen molar-refractivity contribution in [3.63, 3.8) is 0 Å². The minimum Gasteiger partial charge on any atom is -0.346 e. The second-order valence-corrected chi connectivity index (χ2v) is 6.71. The number of benzene rings is 1. The molecule has 2 amide bonds. The van der Waals surface area contributed by atoms with Crippen LogP contribution in [0, 0.1) is 0 Å². The number of anilines is 3. The fourth-order valence-electron chi connectivity index (χ4n) is 3.07. The number of fused-ring (bicyclic) bond motifs is 1. The molecule has 0 unspecified atom stereocenters. The number of aryl methyl sites for hydroxylation is 2. The van der Waals surface area contributed by atoms with E-state index in [9.17, 15) is 4.79 Å². The standard InChI is InChI=1S/C18H22N8O/c1-24(2)17-19-12-26(23-17)14-8-5-6-13(10-14)20-18(27)21-16-11-15-7-3-4-9-25(15)22-16/h5-6,8,10-12H,3-4,7,9H2,1-2H3,(H2,20,21,22,27). The Kier molecular flexibility index (Phi) is 4.49. The first-order valence-corrected chi connectivity index (χ1v) is 8.93. The van der Waals surface area contributed by atoms with Gasteiger partial charge in [0, 0.05) is 38.1 Å². The third kappa shape index (κ3) is 3.76. The Bertz CT molecular complexity index is 934. The molecule has 0 saturated carbocycles. The maximum atomic E-state index is 12.3. The largest absolute Gasteiger partial charge is 0.346 e. The van der Waals surface area contributed by atoms with Crippen LogP contribution in [0.15, 0.2) is 36.7 Å². The van der Waals surface area contributed by atoms with Crippen molar-refractivity contribution >= 4 is 23.5 Å². The summed E-state index contributed by atoms with van der Waals surface area (Å²) in [5, 5.41) is 14.5. The van der Waals surface area contributed by atoms with Crippen molar-refractivity contribution in [1.29, 1.82) is 0 Å². The lowest BCUT2D eigenvalue weighted by Gasteiger charge is -2.11. The third-order valence-electron chi connectivity index (χ3n) is 4.41. The number of carbonyl (C=O) groups excluding carboxylic acids is 1. The summed E-state index contributed by atoms with van der Waals surface area (Å²) in [7, 11) is 3.77. The Hall–Kier alpha value is -3.36. The van der Waals surface area contributed by atoms with Gasteiger partial charge in [0.1, 0.15) is 6.33 Å². The number of hydrogen-bond donors (Lipinski definition) is 2. The average molecular weight is 366 g/mol. The molecule has 0 aliphatic carbocycles. The quantitative estimate of drug-likeness (QED) is 0.740. The van der Waals surface area contributed by atoms with Gasteiger partial charge in [-0.1, -0.05) is 6.07 Å². The number of aromatic nitrogens is 5. The molecule has 0 atom stereocenters. The number of nitrogens with one attached hydrogen (secondary N) is 2. The number of carbonyl (C=O) groups is 1. The van der Waals surface area contributed by atoms with Crippen LogP contribution in [0.3, 0.4) is 0 Å². The molecule has 3 aromatic rings. The number of hydrogen-bond acceptors (Lipinski definition) is 5. The summed E-state index contributed by atoms with van der Waals surface area (Å²) in [5.41, 5.74) is 2.64. The van der Waals surface area contributed by atoms with Gasteiger partial charge in [-0.3, -0.25) is 10.00 Å². The monoisotopic (exact) mass is 366 g/mol. The van der Waals surface area contributed by atoms with Crippen molar-refractivity contribution < 1.29 is 4.79 Å². The van der Waals surface area contributed by atoms with E-state index >= 15 is 0 Å². The van der Waals surface area contributed by atoms with E-state index in [2.05, 4.69) is 25.8 Å². The minimum atomic E-state index is -0.324. The first-order chi connectivity index (χ1) is 13.1. The highest BCUT2D eigenvalue weighted by molar-refractivity contribution is 5.99. The summed E-state index contributed by atoms with van der Waals surface area (Å²) in [4.78, 5) is 18.4. The molecule has 0 spiro atoms. The van der Waals surface area contributed by atoms with Gasteiger partial charge in [0.25, 0.3) is 0 Å². The first kappa shape index (κ1) is 17.1. The zero-order chi connectivity index (χ0) is 18.8. The molecule has 0 fully saturated rings. The second-order valence-electron chi connectivity index (χ2n) is 6.71. The lowest BCUT2D eigenvalue weighted by atomic mass is 10.1. The van der Waals surface area contributed by atoms with Gasteiger partial charge in [-0.2, -0.15) is 10.1 Å². The molecule has 9 heteroatoms. The summed E-state index contributed by atoms with van der Waals surface area (Å²) in [5.74, 6) is 1.20. The van der Waals surface area contributed by atoms with Crippen LogP contribution in [0.5, 0.6) is 0 Å². The normalized spacial score (nSPS) is 13.1. The van der Waals surface area contributed by atoms with Gasteiger partial charge in [-0.05, 0) is 37.5 Å². The van der Waals surface area contributed by atoms with E-state index in [1.807, 2.05) is 54.0 Å². The Labute approximate surface area is 157 Å². The minimum absolute atomic E-state index is 0.324. The topological polar surface area (TPSA) is 92.9 Å². The summed E-state index contributed by atoms with van der Waals surface area (Å²) in [6, 6.07) is 9.04. The summed E-state index contributed by atoms with van der Waals surface area (Å²) in [6.45, 7) is 0.910. The second kappa shape index (κ2) is 7.10. The van der Waals surface area contributed by atoms with Gasteiger partial charge in [-0.25, -0.2) is 9.48 Å². The molecular formula is C18H22N8O. The summed E-state index contributed by atoms with van der Waals surface area (Å²) >= 11 is 0. The highest BCUT2D eigenvalue weighted by Gasteiger charge is 2.14. The van der Waals surface area contributed by atoms with Crippen LogP contribution in [-0.4, -0.2) is 44.7 Å². The molecule has 1 aliphatic rings. The van der Waals surface area contributed by atoms with Crippen LogP contribution in [-0.2, 0) is 13.0 Å². The van der Waals surface area contributed by atoms with Gasteiger partial charge in [0.2, 0.25) is 5.95 Å². The van der Waals surface area contributed by atoms with E-state index in [4.69, 9.17) is 0 Å². The van der Waals surface area contributed by atoms with Crippen LogP contribution < -0.4 is 15.5 Å². The van der Waals surface area contributed by atoms with Crippen LogP contribution in [0.2, 0.25) is 0 Å². The van der Waals surface area contributed by atoms with E-state index in [-0.39, 0.29) is 6.03 Å². The van der Waals surface area contributed by atoms with E-state index in [0.717, 1.165) is 25.1 Å². The molecule has 27 heavy (non-hydrogen) atoms. The van der Waals surface area contributed by atoms with Crippen LogP contribution in [0.4, 0.5) is 22.2 Å². The van der Waals surface area contributed by atoms with Gasteiger partial charge < -0.3 is 10.2 Å². The van der Waals surface area contributed by atoms with Crippen molar-refractivity contribution in [2.24, 2.45) is 0 Å². The Morgan fingerprint density at radius 1 is 1.15 bits per heavy atom. The van der Waals surface area contributed by atoms with Crippen molar-refractivity contribution in [1.82, 2.24) is 24.5 Å². The maximum absolute atomic E-state index is 12.3. The van der Waals surface area contributed by atoms with Crippen molar-refractivity contribution in [3.05, 3.63) is 42.4 Å². The van der Waals surface area contributed by atoms with Crippen LogP contribution >= 0.6 is 0 Å². The molecule has 0 bridgehead atoms. The van der Waals surface area contributed by atoms with E-state index in [0.29, 0.717) is 17.5 Å². The van der Waals surface area contributed by atoms with E-state index in [1.54, 1.807) is 11.0 Å². The molecule has 2 N–H and O–H groups in total. The fraction of sp³-hybridized carbons (Fsp3) is 0.333. The SMILES string of the molecule is CN(C)c1ncn(-c2cccc(NC(=O)Nc3cc4n(n3)CCCC4)c2)n1. The highest BCUT2D eigenvalue weighted by Crippen LogP contribution is 2.19. The fourth-order valence-corrected chi connectivity index (χ4v) is 3.07. The van der Waals surface area contributed by atoms with Crippen molar-refractivity contribution in [3.8, 4) is 5.69 Å². The Morgan fingerprint density at radius 2 is 2.04 bits per heavy atom. The van der Waals surface area contributed by atoms with Crippen LogP contribution in [0.1, 0.15) is 18.5 Å². The molecule has 0 radical (unpaired) electrons. The van der Waals surface area contributed by atoms with Gasteiger partial charge >= 0.3 is 6.03 Å². The molecule has 1 aliphatic heterocycles. The lowest BCUT2D eigenvalue weighted by Crippen LogP contribution is -2.20. The molecule has 4 rings (SSSR count). The molecule has 9 nitrogen and oxygen atoms in total. The average Bonchev–Trinajstić information content (AvgIpc) is 3.28. The molecule has 3 heterocycles. The van der Waals surface area contributed by atoms with Crippen molar-refractivity contribution in [2.45, 2.75) is 25.8 Å². The predicted molar refractivity (Wildman–Crippen MR) is 103 cm³/mol. The Balaban J connectivity index is 1.44. The maximum Gasteiger partial charge on any atom is 0.324 e. The number of amides is 2. The van der Waals surface area contributed by atoms with Gasteiger partial charge in [-0.15, -0.1) is 5.10 Å². The van der Waals surface area contributed by atoms with Crippen LogP contribution in [0.25, 0.3) is 5.69 Å². The zero-order valence-corrected chi connectivity index (χ0v) is 15.4. The Morgan fingerprint density at radius 3 is 2.81 bits per heavy atom. The summed E-state index contributed by atoms with van der Waals surface area (Å²) in [6.07, 6.45) is 4.95. The van der Waals surface area contributed by atoms with Crippen molar-refractivity contribution in [2.75, 3.05) is 29.6 Å². The molecule has 140 valence electrons. The smallest absolute Gasteiger partial charge is 0.324 e. The number of rotatable bonds is 4. The molecule has 0 saturated heterocycles. The number of urea groups is 1. The molecule has 1 aromatic carbocycles. The first-order valence-electron chi connectivity index (χ1n) is 8.93. The van der Waals surface area contributed by atoms with Gasteiger partial charge in [0.05, 0.1) is 5.69 Å². The highest BCUT2D eigenvalue weighted by atomic mass is 16.2. The molecule has 2 aromatic heterocycles. The molecular weight excluding hydrogens is 344 g/mol. The predicted octanol–water partition coefficient (Wildman–Crippen LogP) is 2.51. The lowest BCUT2D eigenvalue weighted by molar-refractivity contribution is 0.262. The summed E-state index contributed by atoms with van der Waals surface area (Å²) < 4.78 is 3.63.